The highest BCUT2D eigenvalue weighted by Crippen LogP contribution is 2.27. The van der Waals surface area contributed by atoms with Crippen LogP contribution in [0.4, 0.5) is 0 Å². The van der Waals surface area contributed by atoms with Crippen LogP contribution in [-0.4, -0.2) is 22.1 Å². The highest BCUT2D eigenvalue weighted by molar-refractivity contribution is 5.73. The Morgan fingerprint density at radius 1 is 1.50 bits per heavy atom. The summed E-state index contributed by atoms with van der Waals surface area (Å²) in [5.41, 5.74) is 10.4. The van der Waals surface area contributed by atoms with Crippen molar-refractivity contribution in [1.29, 1.82) is 0 Å². The Morgan fingerprint density at radius 2 is 2.19 bits per heavy atom. The minimum Gasteiger partial charge on any atom is -0.480 e. The number of nitrogens with two attached hydrogens (primary N) is 1. The molecular formula is C12H18N2O2. The van der Waals surface area contributed by atoms with Gasteiger partial charge < -0.3 is 15.8 Å². The number of carboxylic acid groups (broad SMARTS) is 1. The molecule has 0 amide bonds. The van der Waals surface area contributed by atoms with Crippen molar-refractivity contribution >= 4 is 5.97 Å². The van der Waals surface area contributed by atoms with Gasteiger partial charge in [0.1, 0.15) is 6.04 Å². The third-order valence-corrected chi connectivity index (χ3v) is 3.36. The van der Waals surface area contributed by atoms with Crippen molar-refractivity contribution in [3.63, 3.8) is 0 Å². The van der Waals surface area contributed by atoms with Crippen molar-refractivity contribution in [3.8, 4) is 0 Å². The summed E-state index contributed by atoms with van der Waals surface area (Å²) in [6.07, 6.45) is 4.99. The first-order valence-corrected chi connectivity index (χ1v) is 5.77. The molecule has 0 radical (unpaired) electrons. The fraction of sp³-hybridized carbons (Fsp3) is 0.583. The highest BCUT2D eigenvalue weighted by Gasteiger charge is 2.21. The number of fused-ring (bicyclic) bond motifs is 1. The number of rotatable bonds is 3. The van der Waals surface area contributed by atoms with Gasteiger partial charge in [-0.3, -0.25) is 4.79 Å². The molecule has 0 saturated heterocycles. The van der Waals surface area contributed by atoms with Crippen LogP contribution in [0.2, 0.25) is 0 Å². The maximum absolute atomic E-state index is 10.8. The van der Waals surface area contributed by atoms with Gasteiger partial charge in [0.15, 0.2) is 0 Å². The number of aromatic nitrogens is 1. The molecule has 1 aliphatic carbocycles. The van der Waals surface area contributed by atoms with Crippen LogP contribution in [0.25, 0.3) is 0 Å². The second-order valence-corrected chi connectivity index (χ2v) is 4.54. The molecule has 4 N–H and O–H groups in total. The molecular weight excluding hydrogens is 204 g/mol. The van der Waals surface area contributed by atoms with Gasteiger partial charge in [-0.15, -0.1) is 0 Å². The third kappa shape index (κ3) is 1.97. The van der Waals surface area contributed by atoms with Crippen LogP contribution < -0.4 is 5.73 Å². The number of nitrogens with one attached hydrogen (secondary N) is 1. The Morgan fingerprint density at radius 3 is 2.88 bits per heavy atom. The zero-order valence-corrected chi connectivity index (χ0v) is 9.55. The lowest BCUT2D eigenvalue weighted by molar-refractivity contribution is -0.138. The SMILES string of the molecule is Cc1[nH]c2c(c1CC(N)C(=O)O)CCCC2. The van der Waals surface area contributed by atoms with Gasteiger partial charge in [0.05, 0.1) is 0 Å². The predicted octanol–water partition coefficient (Wildman–Crippen LogP) is 1.16. The van der Waals surface area contributed by atoms with E-state index in [1.54, 1.807) is 0 Å². The molecule has 1 unspecified atom stereocenters. The molecule has 0 spiro atoms. The average Bonchev–Trinajstić information content (AvgIpc) is 2.55. The fourth-order valence-electron chi connectivity index (χ4n) is 2.49. The van der Waals surface area contributed by atoms with E-state index in [1.807, 2.05) is 6.92 Å². The molecule has 1 aliphatic rings. The van der Waals surface area contributed by atoms with Gasteiger partial charge in [-0.05, 0) is 43.7 Å². The monoisotopic (exact) mass is 222 g/mol. The lowest BCUT2D eigenvalue weighted by Crippen LogP contribution is -2.32. The second-order valence-electron chi connectivity index (χ2n) is 4.54. The lowest BCUT2D eigenvalue weighted by Gasteiger charge is -2.14. The number of aliphatic carboxylic acids is 1. The minimum atomic E-state index is -0.926. The number of aromatic amines is 1. The molecule has 0 aliphatic heterocycles. The van der Waals surface area contributed by atoms with E-state index in [0.717, 1.165) is 24.1 Å². The van der Waals surface area contributed by atoms with Crippen molar-refractivity contribution < 1.29 is 9.90 Å². The Kier molecular flexibility index (Phi) is 3.01. The summed E-state index contributed by atoms with van der Waals surface area (Å²) in [6, 6.07) is -0.791. The summed E-state index contributed by atoms with van der Waals surface area (Å²) < 4.78 is 0. The molecule has 4 nitrogen and oxygen atoms in total. The van der Waals surface area contributed by atoms with E-state index in [0.29, 0.717) is 6.42 Å². The highest BCUT2D eigenvalue weighted by atomic mass is 16.4. The van der Waals surface area contributed by atoms with Crippen molar-refractivity contribution in [2.45, 2.75) is 45.1 Å². The van der Waals surface area contributed by atoms with E-state index < -0.39 is 12.0 Å². The number of aryl methyl sites for hydroxylation is 2. The van der Waals surface area contributed by atoms with E-state index in [2.05, 4.69) is 4.98 Å². The summed E-state index contributed by atoms with van der Waals surface area (Å²) in [7, 11) is 0. The normalized spacial score (nSPS) is 16.9. The molecule has 1 heterocycles. The molecule has 88 valence electrons. The number of H-pyrrole nitrogens is 1. The van der Waals surface area contributed by atoms with Crippen molar-refractivity contribution in [3.05, 3.63) is 22.5 Å². The molecule has 1 atom stereocenters. The van der Waals surface area contributed by atoms with Gasteiger partial charge in [0.2, 0.25) is 0 Å². The van der Waals surface area contributed by atoms with Gasteiger partial charge in [0.25, 0.3) is 0 Å². The molecule has 0 saturated carbocycles. The Balaban J connectivity index is 2.26. The Labute approximate surface area is 94.8 Å². The third-order valence-electron chi connectivity index (χ3n) is 3.36. The van der Waals surface area contributed by atoms with E-state index in [-0.39, 0.29) is 0 Å². The van der Waals surface area contributed by atoms with Crippen molar-refractivity contribution in [2.75, 3.05) is 0 Å². The molecule has 0 aromatic carbocycles. The van der Waals surface area contributed by atoms with E-state index in [4.69, 9.17) is 10.8 Å². The maximum Gasteiger partial charge on any atom is 0.320 e. The van der Waals surface area contributed by atoms with Crippen LogP contribution in [0.1, 0.15) is 35.4 Å². The lowest BCUT2D eigenvalue weighted by atomic mass is 9.92. The summed E-state index contributed by atoms with van der Waals surface area (Å²) >= 11 is 0. The predicted molar refractivity (Wildman–Crippen MR) is 61.5 cm³/mol. The molecule has 2 rings (SSSR count). The second kappa shape index (κ2) is 4.29. The largest absolute Gasteiger partial charge is 0.480 e. The number of carboxylic acids is 1. The van der Waals surface area contributed by atoms with Crippen LogP contribution in [0.5, 0.6) is 0 Å². The zero-order chi connectivity index (χ0) is 11.7. The quantitative estimate of drug-likeness (QED) is 0.718. The number of carbonyl (C=O) groups is 1. The number of hydrogen-bond donors (Lipinski definition) is 3. The van der Waals surface area contributed by atoms with Crippen LogP contribution in [0.3, 0.4) is 0 Å². The minimum absolute atomic E-state index is 0.438. The molecule has 0 bridgehead atoms. The molecule has 1 aromatic heterocycles. The van der Waals surface area contributed by atoms with Gasteiger partial charge in [-0.1, -0.05) is 0 Å². The topological polar surface area (TPSA) is 79.1 Å². The average molecular weight is 222 g/mol. The van der Waals surface area contributed by atoms with Crippen LogP contribution in [-0.2, 0) is 24.1 Å². The first-order chi connectivity index (χ1) is 7.59. The van der Waals surface area contributed by atoms with Crippen LogP contribution in [0.15, 0.2) is 0 Å². The Hall–Kier alpha value is -1.29. The van der Waals surface area contributed by atoms with Crippen LogP contribution >= 0.6 is 0 Å². The van der Waals surface area contributed by atoms with E-state index in [9.17, 15) is 4.79 Å². The van der Waals surface area contributed by atoms with Gasteiger partial charge >= 0.3 is 5.97 Å². The Bertz CT molecular complexity index is 409. The summed E-state index contributed by atoms with van der Waals surface area (Å²) in [5, 5.41) is 8.84. The van der Waals surface area contributed by atoms with Crippen molar-refractivity contribution in [2.24, 2.45) is 5.73 Å². The molecule has 4 heteroatoms. The summed E-state index contributed by atoms with van der Waals surface area (Å²) in [6.45, 7) is 2.00. The number of hydrogen-bond acceptors (Lipinski definition) is 2. The van der Waals surface area contributed by atoms with Crippen LogP contribution in [0, 0.1) is 6.92 Å². The smallest absolute Gasteiger partial charge is 0.320 e. The van der Waals surface area contributed by atoms with E-state index in [1.165, 1.54) is 24.1 Å². The van der Waals surface area contributed by atoms with Gasteiger partial charge in [-0.25, -0.2) is 0 Å². The summed E-state index contributed by atoms with van der Waals surface area (Å²) in [4.78, 5) is 14.1. The van der Waals surface area contributed by atoms with Crippen molar-refractivity contribution in [1.82, 2.24) is 4.98 Å². The zero-order valence-electron chi connectivity index (χ0n) is 9.55. The van der Waals surface area contributed by atoms with E-state index >= 15 is 0 Å². The first kappa shape index (κ1) is 11.2. The molecule has 0 fully saturated rings. The van der Waals surface area contributed by atoms with Gasteiger partial charge in [0, 0.05) is 17.8 Å². The van der Waals surface area contributed by atoms with Gasteiger partial charge in [-0.2, -0.15) is 0 Å². The summed E-state index contributed by atoms with van der Waals surface area (Å²) in [5.74, 6) is -0.926. The first-order valence-electron chi connectivity index (χ1n) is 5.77. The fourth-order valence-corrected chi connectivity index (χ4v) is 2.49. The molecule has 16 heavy (non-hydrogen) atoms. The molecule has 1 aromatic rings. The standard InChI is InChI=1S/C12H18N2O2/c1-7-9(6-10(13)12(15)16)8-4-2-3-5-11(8)14-7/h10,14H,2-6,13H2,1H3,(H,15,16). The maximum atomic E-state index is 10.8.